The molecule has 3 aromatic heterocycles. The van der Waals surface area contributed by atoms with Crippen molar-refractivity contribution in [3.8, 4) is 5.82 Å². The molecule has 10 heteroatoms. The van der Waals surface area contributed by atoms with E-state index in [1.54, 1.807) is 27.7 Å². The molecule has 1 aliphatic heterocycles. The van der Waals surface area contributed by atoms with Crippen molar-refractivity contribution >= 4 is 28.4 Å². The van der Waals surface area contributed by atoms with Crippen LogP contribution in [0.1, 0.15) is 19.8 Å². The lowest BCUT2D eigenvalue weighted by Gasteiger charge is -2.34. The number of hydrogen-bond acceptors (Lipinski definition) is 7. The summed E-state index contributed by atoms with van der Waals surface area (Å²) in [5.74, 6) is 0.832. The van der Waals surface area contributed by atoms with Gasteiger partial charge < -0.3 is 20.1 Å². The zero-order valence-corrected chi connectivity index (χ0v) is 21.2. The molecule has 4 heterocycles. The van der Waals surface area contributed by atoms with Crippen LogP contribution in [0.5, 0.6) is 0 Å². The molecular weight excluding hydrogens is 468 g/mol. The average molecular weight is 501 g/mol. The summed E-state index contributed by atoms with van der Waals surface area (Å²) in [5, 5.41) is 3.67. The Morgan fingerprint density at radius 1 is 1.05 bits per heavy atom. The highest BCUT2D eigenvalue weighted by molar-refractivity contribution is 5.77. The molecule has 0 spiro atoms. The van der Waals surface area contributed by atoms with Gasteiger partial charge in [0.25, 0.3) is 5.56 Å². The van der Waals surface area contributed by atoms with Crippen LogP contribution in [0, 0.1) is 0 Å². The molecule has 1 fully saturated rings. The van der Waals surface area contributed by atoms with Gasteiger partial charge in [-0.05, 0) is 37.7 Å². The summed E-state index contributed by atoms with van der Waals surface area (Å²) in [6, 6.07) is 13.0. The first-order valence-electron chi connectivity index (χ1n) is 12.7. The SMILES string of the molecule is CCC/C=C\Cn1c(=O)c2cnc(Nc3cccc(N4CCN(C)CC4)c3)nc2n1-c1cccc(=O)[nH]1. The third-order valence-electron chi connectivity index (χ3n) is 6.53. The second-order valence-electron chi connectivity index (χ2n) is 9.26. The predicted molar refractivity (Wildman–Crippen MR) is 147 cm³/mol. The second kappa shape index (κ2) is 10.8. The van der Waals surface area contributed by atoms with Gasteiger partial charge in [0.1, 0.15) is 11.2 Å². The monoisotopic (exact) mass is 500 g/mol. The van der Waals surface area contributed by atoms with Gasteiger partial charge in [-0.2, -0.15) is 4.98 Å². The first kappa shape index (κ1) is 24.5. The topological polar surface area (TPSA) is 104 Å². The molecule has 5 rings (SSSR count). The molecule has 0 radical (unpaired) electrons. The zero-order chi connectivity index (χ0) is 25.8. The molecule has 0 saturated carbocycles. The highest BCUT2D eigenvalue weighted by atomic mass is 16.1. The highest BCUT2D eigenvalue weighted by Gasteiger charge is 2.18. The Labute approximate surface area is 214 Å². The van der Waals surface area contributed by atoms with Gasteiger partial charge in [0.2, 0.25) is 11.5 Å². The third kappa shape index (κ3) is 5.34. The number of allylic oxidation sites excluding steroid dienone is 2. The van der Waals surface area contributed by atoms with Crippen molar-refractivity contribution < 1.29 is 0 Å². The summed E-state index contributed by atoms with van der Waals surface area (Å²) in [6.07, 6.45) is 7.50. The fraction of sp³-hybridized carbons (Fsp3) is 0.333. The van der Waals surface area contributed by atoms with Gasteiger partial charge >= 0.3 is 0 Å². The third-order valence-corrected chi connectivity index (χ3v) is 6.53. The fourth-order valence-electron chi connectivity index (χ4n) is 4.49. The number of benzene rings is 1. The Morgan fingerprint density at radius 2 is 1.86 bits per heavy atom. The van der Waals surface area contributed by atoms with Crippen LogP contribution < -0.4 is 21.3 Å². The maximum Gasteiger partial charge on any atom is 0.278 e. The van der Waals surface area contributed by atoms with Crippen molar-refractivity contribution in [2.75, 3.05) is 43.4 Å². The van der Waals surface area contributed by atoms with Crippen LogP contribution in [-0.4, -0.2) is 62.4 Å². The molecule has 2 N–H and O–H groups in total. The van der Waals surface area contributed by atoms with Gasteiger partial charge in [-0.15, -0.1) is 0 Å². The summed E-state index contributed by atoms with van der Waals surface area (Å²) in [4.78, 5) is 42.0. The van der Waals surface area contributed by atoms with Gasteiger partial charge in [-0.1, -0.05) is 37.6 Å². The van der Waals surface area contributed by atoms with Crippen LogP contribution >= 0.6 is 0 Å². The number of pyridine rings is 1. The maximum absolute atomic E-state index is 13.3. The van der Waals surface area contributed by atoms with E-state index in [2.05, 4.69) is 51.2 Å². The molecule has 10 nitrogen and oxygen atoms in total. The van der Waals surface area contributed by atoms with E-state index < -0.39 is 0 Å². The van der Waals surface area contributed by atoms with Gasteiger partial charge in [-0.25, -0.2) is 14.3 Å². The minimum absolute atomic E-state index is 0.218. The van der Waals surface area contributed by atoms with E-state index in [4.69, 9.17) is 4.98 Å². The van der Waals surface area contributed by atoms with E-state index in [9.17, 15) is 9.59 Å². The highest BCUT2D eigenvalue weighted by Crippen LogP contribution is 2.23. The lowest BCUT2D eigenvalue weighted by atomic mass is 10.2. The maximum atomic E-state index is 13.3. The van der Waals surface area contributed by atoms with Crippen molar-refractivity contribution in [1.82, 2.24) is 29.2 Å². The molecule has 0 bridgehead atoms. The molecule has 1 aromatic carbocycles. The number of fused-ring (bicyclic) bond motifs is 1. The summed E-state index contributed by atoms with van der Waals surface area (Å²) in [6.45, 7) is 6.46. The number of nitrogens with one attached hydrogen (secondary N) is 2. The number of H-pyrrole nitrogens is 1. The first-order chi connectivity index (χ1) is 18.0. The molecule has 1 aliphatic rings. The predicted octanol–water partition coefficient (Wildman–Crippen LogP) is 3.12. The minimum atomic E-state index is -0.256. The number of aromatic amines is 1. The zero-order valence-electron chi connectivity index (χ0n) is 21.2. The molecule has 0 atom stereocenters. The van der Waals surface area contributed by atoms with Crippen molar-refractivity contribution in [3.63, 3.8) is 0 Å². The standard InChI is InChI=1S/C27H32N8O2/c1-3-4-5-6-13-34-26(37)22-19-28-27(31-25(22)35(34)23-11-8-12-24(36)30-23)29-20-9-7-10-21(18-20)33-16-14-32(2)15-17-33/h5-12,18-19H,3-4,13-17H2,1-2H3,(H,30,36)(H,28,29,31)/b6-5-. The van der Waals surface area contributed by atoms with E-state index in [0.29, 0.717) is 29.3 Å². The van der Waals surface area contributed by atoms with Gasteiger partial charge in [0, 0.05) is 49.8 Å². The number of aromatic nitrogens is 5. The number of unbranched alkanes of at least 4 members (excludes halogenated alkanes) is 1. The first-order valence-corrected chi connectivity index (χ1v) is 12.7. The Bertz CT molecular complexity index is 1530. The largest absolute Gasteiger partial charge is 0.369 e. The van der Waals surface area contributed by atoms with E-state index in [1.807, 2.05) is 24.3 Å². The summed E-state index contributed by atoms with van der Waals surface area (Å²) in [5.41, 5.74) is 1.95. The van der Waals surface area contributed by atoms with Crippen LogP contribution in [0.15, 0.2) is 70.4 Å². The number of likely N-dealkylation sites (N-methyl/N-ethyl adjacent to an activating group) is 1. The van der Waals surface area contributed by atoms with Crippen LogP contribution in [0.3, 0.4) is 0 Å². The molecule has 0 unspecified atom stereocenters. The molecule has 1 saturated heterocycles. The molecule has 0 amide bonds. The molecule has 192 valence electrons. The number of nitrogens with zero attached hydrogens (tertiary/aromatic N) is 6. The van der Waals surface area contributed by atoms with E-state index in [1.165, 1.54) is 6.07 Å². The second-order valence-corrected chi connectivity index (χ2v) is 9.26. The van der Waals surface area contributed by atoms with Crippen molar-refractivity contribution in [2.45, 2.75) is 26.3 Å². The van der Waals surface area contributed by atoms with E-state index >= 15 is 0 Å². The normalized spacial score (nSPS) is 14.6. The van der Waals surface area contributed by atoms with Crippen molar-refractivity contribution in [1.29, 1.82) is 0 Å². The molecule has 0 aliphatic carbocycles. The fourth-order valence-corrected chi connectivity index (χ4v) is 4.49. The van der Waals surface area contributed by atoms with Crippen molar-refractivity contribution in [2.24, 2.45) is 0 Å². The quantitative estimate of drug-likeness (QED) is 0.358. The molecular formula is C27H32N8O2. The van der Waals surface area contributed by atoms with Gasteiger partial charge in [0.05, 0.1) is 6.54 Å². The Hall–Kier alpha value is -4.18. The molecule has 4 aromatic rings. The molecule has 37 heavy (non-hydrogen) atoms. The van der Waals surface area contributed by atoms with Crippen LogP contribution in [-0.2, 0) is 6.54 Å². The van der Waals surface area contributed by atoms with Crippen LogP contribution in [0.25, 0.3) is 16.9 Å². The number of piperazine rings is 1. The van der Waals surface area contributed by atoms with E-state index in [-0.39, 0.29) is 11.1 Å². The van der Waals surface area contributed by atoms with Crippen LogP contribution in [0.2, 0.25) is 0 Å². The smallest absolute Gasteiger partial charge is 0.278 e. The Balaban J connectivity index is 1.51. The van der Waals surface area contributed by atoms with Crippen molar-refractivity contribution in [3.05, 3.63) is 81.5 Å². The summed E-state index contributed by atoms with van der Waals surface area (Å²) in [7, 11) is 2.14. The Morgan fingerprint density at radius 3 is 2.65 bits per heavy atom. The van der Waals surface area contributed by atoms with E-state index in [0.717, 1.165) is 50.4 Å². The lowest BCUT2D eigenvalue weighted by molar-refractivity contribution is 0.313. The van der Waals surface area contributed by atoms with Gasteiger partial charge in [-0.3, -0.25) is 9.59 Å². The summed E-state index contributed by atoms with van der Waals surface area (Å²) >= 11 is 0. The number of anilines is 3. The average Bonchev–Trinajstić information content (AvgIpc) is 3.18. The van der Waals surface area contributed by atoms with Crippen LogP contribution in [0.4, 0.5) is 17.3 Å². The summed E-state index contributed by atoms with van der Waals surface area (Å²) < 4.78 is 3.22. The number of hydrogen-bond donors (Lipinski definition) is 2. The Kier molecular flexibility index (Phi) is 7.18. The minimum Gasteiger partial charge on any atom is -0.369 e. The lowest BCUT2D eigenvalue weighted by Crippen LogP contribution is -2.44. The van der Waals surface area contributed by atoms with Gasteiger partial charge in [0.15, 0.2) is 5.65 Å². The number of rotatable bonds is 8.